The Balaban J connectivity index is 2.12. The maximum Gasteiger partial charge on any atom is 0.118 e. The quantitative estimate of drug-likeness (QED) is 0.690. The van der Waals surface area contributed by atoms with E-state index in [4.69, 9.17) is 4.74 Å². The minimum atomic E-state index is 0.0539. The van der Waals surface area contributed by atoms with Gasteiger partial charge in [-0.2, -0.15) is 0 Å². The van der Waals surface area contributed by atoms with E-state index in [-0.39, 0.29) is 11.7 Å². The first-order valence-electron chi connectivity index (χ1n) is 6.52. The number of epoxide rings is 1. The van der Waals surface area contributed by atoms with Gasteiger partial charge in [-0.15, -0.1) is 0 Å². The molecule has 2 nitrogen and oxygen atoms in total. The van der Waals surface area contributed by atoms with E-state index >= 15 is 0 Å². The summed E-state index contributed by atoms with van der Waals surface area (Å²) in [7, 11) is 0. The minimum absolute atomic E-state index is 0.0539. The van der Waals surface area contributed by atoms with E-state index in [1.165, 1.54) is 24.0 Å². The summed E-state index contributed by atoms with van der Waals surface area (Å²) >= 11 is 0. The third-order valence-electron chi connectivity index (χ3n) is 4.41. The Hall–Kier alpha value is -1.02. The summed E-state index contributed by atoms with van der Waals surface area (Å²) in [6, 6.07) is 4.06. The van der Waals surface area contributed by atoms with Gasteiger partial charge in [-0.1, -0.05) is 6.92 Å². The minimum Gasteiger partial charge on any atom is -0.508 e. The first-order valence-corrected chi connectivity index (χ1v) is 6.52. The highest BCUT2D eigenvalue weighted by atomic mass is 16.6. The van der Waals surface area contributed by atoms with Crippen LogP contribution in [0.1, 0.15) is 61.8 Å². The maximum atomic E-state index is 9.88. The Kier molecular flexibility index (Phi) is 2.27. The van der Waals surface area contributed by atoms with Crippen molar-refractivity contribution in [2.24, 2.45) is 0 Å². The number of hydrogen-bond acceptors (Lipinski definition) is 2. The van der Waals surface area contributed by atoms with Crippen molar-refractivity contribution in [3.05, 3.63) is 28.8 Å². The Morgan fingerprint density at radius 2 is 2.12 bits per heavy atom. The fraction of sp³-hybridized carbons (Fsp3) is 0.600. The Bertz CT molecular complexity index is 466. The van der Waals surface area contributed by atoms with Gasteiger partial charge in [0.05, 0.1) is 5.60 Å². The van der Waals surface area contributed by atoms with E-state index in [0.29, 0.717) is 11.7 Å². The smallest absolute Gasteiger partial charge is 0.118 e. The number of ether oxygens (including phenoxy) is 1. The number of phenols is 1. The van der Waals surface area contributed by atoms with Gasteiger partial charge in [0.2, 0.25) is 0 Å². The topological polar surface area (TPSA) is 32.8 Å². The van der Waals surface area contributed by atoms with E-state index in [0.717, 1.165) is 12.0 Å². The van der Waals surface area contributed by atoms with Crippen LogP contribution in [0.25, 0.3) is 0 Å². The van der Waals surface area contributed by atoms with Crippen LogP contribution in [0, 0.1) is 6.92 Å². The number of benzene rings is 1. The van der Waals surface area contributed by atoms with Gasteiger partial charge in [0.1, 0.15) is 11.9 Å². The number of hydrogen-bond donors (Lipinski definition) is 1. The molecule has 2 aliphatic rings. The summed E-state index contributed by atoms with van der Waals surface area (Å²) in [6.07, 6.45) is 3.80. The summed E-state index contributed by atoms with van der Waals surface area (Å²) in [5.41, 5.74) is 3.59. The summed E-state index contributed by atoms with van der Waals surface area (Å²) in [5.74, 6) is 0.934. The highest BCUT2D eigenvalue weighted by molar-refractivity contribution is 5.46. The van der Waals surface area contributed by atoms with Crippen molar-refractivity contribution in [3.63, 3.8) is 0 Å². The molecule has 1 saturated heterocycles. The van der Waals surface area contributed by atoms with Gasteiger partial charge in [-0.3, -0.25) is 0 Å². The Morgan fingerprint density at radius 1 is 1.35 bits per heavy atom. The normalized spacial score (nSPS) is 35.5. The molecular weight excluding hydrogens is 212 g/mol. The summed E-state index contributed by atoms with van der Waals surface area (Å²) in [6.45, 7) is 6.41. The van der Waals surface area contributed by atoms with Gasteiger partial charge in [0.15, 0.2) is 0 Å². The summed E-state index contributed by atoms with van der Waals surface area (Å²) < 4.78 is 5.91. The van der Waals surface area contributed by atoms with Gasteiger partial charge in [0, 0.05) is 0 Å². The number of phenolic OH excluding ortho intramolecular Hbond substituents is 1. The molecule has 1 fully saturated rings. The van der Waals surface area contributed by atoms with Crippen LogP contribution >= 0.6 is 0 Å². The van der Waals surface area contributed by atoms with Crippen molar-refractivity contribution in [2.45, 2.75) is 57.7 Å². The lowest BCUT2D eigenvalue weighted by atomic mass is 9.82. The van der Waals surface area contributed by atoms with Crippen molar-refractivity contribution < 1.29 is 9.84 Å². The van der Waals surface area contributed by atoms with E-state index < -0.39 is 0 Å². The molecule has 2 heteroatoms. The van der Waals surface area contributed by atoms with Crippen molar-refractivity contribution in [3.8, 4) is 5.75 Å². The third kappa shape index (κ3) is 1.66. The number of aryl methyl sites for hydroxylation is 1. The van der Waals surface area contributed by atoms with E-state index in [9.17, 15) is 5.11 Å². The molecule has 17 heavy (non-hydrogen) atoms. The van der Waals surface area contributed by atoms with Crippen LogP contribution in [0.15, 0.2) is 12.1 Å². The van der Waals surface area contributed by atoms with Crippen LogP contribution in [-0.2, 0) is 4.74 Å². The highest BCUT2D eigenvalue weighted by Gasteiger charge is 2.54. The molecule has 1 aromatic carbocycles. The molecule has 92 valence electrons. The van der Waals surface area contributed by atoms with Crippen LogP contribution < -0.4 is 0 Å². The lowest BCUT2D eigenvalue weighted by molar-refractivity contribution is 0.292. The van der Waals surface area contributed by atoms with Gasteiger partial charge >= 0.3 is 0 Å². The van der Waals surface area contributed by atoms with Crippen molar-refractivity contribution >= 4 is 0 Å². The van der Waals surface area contributed by atoms with Gasteiger partial charge in [-0.05, 0) is 67.9 Å². The molecule has 1 aliphatic heterocycles. The van der Waals surface area contributed by atoms with Gasteiger partial charge in [-0.25, -0.2) is 0 Å². The molecule has 1 N–H and O–H groups in total. The van der Waals surface area contributed by atoms with E-state index in [2.05, 4.69) is 19.9 Å². The van der Waals surface area contributed by atoms with Gasteiger partial charge < -0.3 is 9.84 Å². The maximum absolute atomic E-state index is 9.88. The fourth-order valence-electron chi connectivity index (χ4n) is 3.12. The Morgan fingerprint density at radius 3 is 2.88 bits per heavy atom. The zero-order chi connectivity index (χ0) is 12.2. The molecule has 0 aromatic heterocycles. The SMILES string of the molecule is Cc1cc2c(cc1O)[C@H](C)CCC[C@]1(C)O[C@H]21. The number of fused-ring (bicyclic) bond motifs is 3. The van der Waals surface area contributed by atoms with Crippen LogP contribution in [0.5, 0.6) is 5.75 Å². The first kappa shape index (κ1) is 11.1. The largest absolute Gasteiger partial charge is 0.508 e. The van der Waals surface area contributed by atoms with Crippen molar-refractivity contribution in [1.29, 1.82) is 0 Å². The second-order valence-corrected chi connectivity index (χ2v) is 5.87. The molecule has 3 rings (SSSR count). The predicted molar refractivity (Wildman–Crippen MR) is 67.3 cm³/mol. The fourth-order valence-corrected chi connectivity index (χ4v) is 3.12. The van der Waals surface area contributed by atoms with Crippen LogP contribution in [0.4, 0.5) is 0 Å². The summed E-state index contributed by atoms with van der Waals surface area (Å²) in [4.78, 5) is 0. The van der Waals surface area contributed by atoms with Gasteiger partial charge in [0.25, 0.3) is 0 Å². The number of rotatable bonds is 0. The van der Waals surface area contributed by atoms with Crippen molar-refractivity contribution in [1.82, 2.24) is 0 Å². The van der Waals surface area contributed by atoms with Crippen molar-refractivity contribution in [2.75, 3.05) is 0 Å². The molecule has 1 aliphatic carbocycles. The van der Waals surface area contributed by atoms with E-state index in [1.807, 2.05) is 13.0 Å². The van der Waals surface area contributed by atoms with Crippen LogP contribution in [-0.4, -0.2) is 10.7 Å². The zero-order valence-electron chi connectivity index (χ0n) is 10.8. The molecule has 1 heterocycles. The molecule has 0 amide bonds. The molecule has 0 spiro atoms. The second kappa shape index (κ2) is 3.49. The number of aromatic hydroxyl groups is 1. The zero-order valence-corrected chi connectivity index (χ0v) is 10.8. The second-order valence-electron chi connectivity index (χ2n) is 5.87. The average molecular weight is 232 g/mol. The van der Waals surface area contributed by atoms with Crippen LogP contribution in [0.2, 0.25) is 0 Å². The predicted octanol–water partition coefficient (Wildman–Crippen LogP) is 3.82. The lowest BCUT2D eigenvalue weighted by Gasteiger charge is -2.21. The third-order valence-corrected chi connectivity index (χ3v) is 4.41. The highest BCUT2D eigenvalue weighted by Crippen LogP contribution is 2.56. The summed E-state index contributed by atoms with van der Waals surface area (Å²) in [5, 5.41) is 9.88. The monoisotopic (exact) mass is 232 g/mol. The molecule has 0 bridgehead atoms. The molecule has 1 aromatic rings. The molecule has 3 atom stereocenters. The Labute approximate surface area is 103 Å². The molecule has 0 radical (unpaired) electrons. The first-order chi connectivity index (χ1) is 8.01. The average Bonchev–Trinajstić information content (AvgIpc) is 2.92. The standard InChI is InChI=1S/C15H20O2/c1-9-5-4-6-15(3)14(17-15)12-7-10(2)13(16)8-11(9)12/h7-9,14,16H,4-6H2,1-3H3/t9-,14-,15+/m1/s1. The lowest BCUT2D eigenvalue weighted by Crippen LogP contribution is -2.12. The van der Waals surface area contributed by atoms with E-state index in [1.54, 1.807) is 0 Å². The molecule has 0 saturated carbocycles. The molecular formula is C15H20O2. The molecule has 0 unspecified atom stereocenters. The van der Waals surface area contributed by atoms with Crippen LogP contribution in [0.3, 0.4) is 0 Å².